The summed E-state index contributed by atoms with van der Waals surface area (Å²) in [7, 11) is 0. The maximum atomic E-state index is 13.3. The van der Waals surface area contributed by atoms with Gasteiger partial charge in [0, 0.05) is 52.2 Å². The third-order valence-electron chi connectivity index (χ3n) is 6.11. The number of carbonyl (C=O) groups excluding carboxylic acids is 1. The summed E-state index contributed by atoms with van der Waals surface area (Å²) in [5, 5.41) is 10.2. The molecule has 1 aromatic carbocycles. The Morgan fingerprint density at radius 1 is 1.08 bits per heavy atom. The molecule has 0 spiro atoms. The number of thiophene rings is 1. The molecule has 38 heavy (non-hydrogen) atoms. The zero-order valence-electron chi connectivity index (χ0n) is 20.3. The number of nitrogen functional groups attached to an aromatic ring is 1. The molecule has 0 saturated carbocycles. The van der Waals surface area contributed by atoms with Gasteiger partial charge in [-0.3, -0.25) is 9.78 Å². The number of benzene rings is 1. The number of fused-ring (bicyclic) bond motifs is 2. The molecular weight excluding hydrogens is 494 g/mol. The first kappa shape index (κ1) is 23.3. The second kappa shape index (κ2) is 9.76. The van der Waals surface area contributed by atoms with E-state index in [4.69, 9.17) is 10.7 Å². The van der Waals surface area contributed by atoms with Crippen LogP contribution in [0.25, 0.3) is 27.0 Å². The van der Waals surface area contributed by atoms with Crippen molar-refractivity contribution in [1.29, 1.82) is 0 Å². The maximum Gasteiger partial charge on any atom is 0.259 e. The summed E-state index contributed by atoms with van der Waals surface area (Å²) in [6.07, 6.45) is 6.76. The van der Waals surface area contributed by atoms with Crippen molar-refractivity contribution in [1.82, 2.24) is 29.9 Å². The highest BCUT2D eigenvalue weighted by molar-refractivity contribution is 7.17. The molecule has 1 amide bonds. The lowest BCUT2D eigenvalue weighted by Crippen LogP contribution is -2.28. The van der Waals surface area contributed by atoms with E-state index in [1.54, 1.807) is 30.9 Å². The smallest absolute Gasteiger partial charge is 0.259 e. The number of pyridine rings is 2. The van der Waals surface area contributed by atoms with Crippen LogP contribution >= 0.6 is 11.3 Å². The molecule has 5 heterocycles. The minimum absolute atomic E-state index is 0.121. The number of nitrogens with zero attached hydrogens (tertiary/aromatic N) is 5. The first-order valence-corrected chi connectivity index (χ1v) is 12.8. The van der Waals surface area contributed by atoms with Crippen molar-refractivity contribution in [3.63, 3.8) is 0 Å². The van der Waals surface area contributed by atoms with Crippen molar-refractivity contribution in [2.24, 2.45) is 0 Å². The van der Waals surface area contributed by atoms with Crippen molar-refractivity contribution in [3.05, 3.63) is 107 Å². The fourth-order valence-corrected chi connectivity index (χ4v) is 5.14. The van der Waals surface area contributed by atoms with E-state index in [1.807, 2.05) is 54.8 Å². The number of nitrogens with one attached hydrogen (secondary N) is 1. The van der Waals surface area contributed by atoms with E-state index in [-0.39, 0.29) is 17.3 Å². The van der Waals surface area contributed by atoms with Crippen LogP contribution in [0.15, 0.2) is 84.8 Å². The van der Waals surface area contributed by atoms with Crippen LogP contribution in [0.4, 0.5) is 5.82 Å². The first-order chi connectivity index (χ1) is 18.6. The number of hydrogen-bond donors (Lipinski definition) is 2. The molecule has 1 atom stereocenters. The predicted molar refractivity (Wildman–Crippen MR) is 149 cm³/mol. The number of amides is 1. The molecule has 0 radical (unpaired) electrons. The topological polar surface area (TPSA) is 111 Å². The van der Waals surface area contributed by atoms with Crippen LogP contribution in [0, 0.1) is 11.8 Å². The van der Waals surface area contributed by atoms with E-state index >= 15 is 0 Å². The molecule has 6 aromatic rings. The second-order valence-corrected chi connectivity index (χ2v) is 9.48. The predicted octanol–water partition coefficient (Wildman–Crippen LogP) is 4.87. The molecule has 5 aromatic heterocycles. The van der Waals surface area contributed by atoms with Gasteiger partial charge in [-0.15, -0.1) is 16.4 Å². The molecule has 0 aliphatic carbocycles. The van der Waals surface area contributed by atoms with Crippen molar-refractivity contribution >= 4 is 38.9 Å². The Morgan fingerprint density at radius 3 is 2.71 bits per heavy atom. The van der Waals surface area contributed by atoms with Gasteiger partial charge in [0.25, 0.3) is 5.91 Å². The molecule has 8 nitrogen and oxygen atoms in total. The van der Waals surface area contributed by atoms with Crippen LogP contribution in [-0.2, 0) is 0 Å². The summed E-state index contributed by atoms with van der Waals surface area (Å²) in [5.74, 6) is 6.24. The van der Waals surface area contributed by atoms with Gasteiger partial charge < -0.3 is 11.1 Å². The summed E-state index contributed by atoms with van der Waals surface area (Å²) < 4.78 is 1.49. The van der Waals surface area contributed by atoms with Gasteiger partial charge in [-0.05, 0) is 36.8 Å². The number of carbonyl (C=O) groups is 1. The standard InChI is InChI=1S/C29H21N7OS/c1-18(33-28(37)24-26(30)35-36-15-5-12-32-27(24)36)25-22(20-6-3-2-4-7-20)16-23-21(17-38-29(23)34-25)9-8-19-10-13-31-14-11-19/h2-7,10-18H,1H3,(H2,30,35)(H,33,37)/t18-/m1/s1. The van der Waals surface area contributed by atoms with Crippen molar-refractivity contribution in [3.8, 4) is 23.0 Å². The molecular formula is C29H21N7OS. The lowest BCUT2D eigenvalue weighted by atomic mass is 9.98. The normalized spacial score (nSPS) is 11.7. The molecule has 6 rings (SSSR count). The van der Waals surface area contributed by atoms with Crippen LogP contribution < -0.4 is 11.1 Å². The highest BCUT2D eigenvalue weighted by atomic mass is 32.1. The lowest BCUT2D eigenvalue weighted by Gasteiger charge is -2.18. The van der Waals surface area contributed by atoms with E-state index in [1.165, 1.54) is 15.9 Å². The molecule has 184 valence electrons. The number of rotatable bonds is 4. The van der Waals surface area contributed by atoms with Gasteiger partial charge in [-0.25, -0.2) is 14.5 Å². The molecule has 0 saturated heterocycles. The van der Waals surface area contributed by atoms with E-state index in [2.05, 4.69) is 38.3 Å². The van der Waals surface area contributed by atoms with Gasteiger partial charge in [0.15, 0.2) is 11.5 Å². The Morgan fingerprint density at radius 2 is 1.89 bits per heavy atom. The van der Waals surface area contributed by atoms with E-state index in [0.717, 1.165) is 38.2 Å². The Kier molecular flexibility index (Phi) is 6.00. The fraction of sp³-hybridized carbons (Fsp3) is 0.0690. The molecule has 9 heteroatoms. The van der Waals surface area contributed by atoms with Crippen molar-refractivity contribution in [2.45, 2.75) is 13.0 Å². The maximum absolute atomic E-state index is 13.3. The summed E-state index contributed by atoms with van der Waals surface area (Å²) in [4.78, 5) is 27.5. The fourth-order valence-electron chi connectivity index (χ4n) is 4.28. The number of aromatic nitrogens is 5. The largest absolute Gasteiger partial charge is 0.381 e. The van der Waals surface area contributed by atoms with Gasteiger partial charge in [0.2, 0.25) is 0 Å². The Bertz CT molecular complexity index is 1850. The Balaban J connectivity index is 1.41. The van der Waals surface area contributed by atoms with Gasteiger partial charge >= 0.3 is 0 Å². The van der Waals surface area contributed by atoms with Crippen LogP contribution in [0.1, 0.15) is 40.1 Å². The van der Waals surface area contributed by atoms with E-state index in [0.29, 0.717) is 5.65 Å². The zero-order valence-corrected chi connectivity index (χ0v) is 21.1. The number of hydrogen-bond acceptors (Lipinski definition) is 7. The number of anilines is 1. The minimum atomic E-state index is -0.423. The third-order valence-corrected chi connectivity index (χ3v) is 7.00. The van der Waals surface area contributed by atoms with Crippen LogP contribution in [0.3, 0.4) is 0 Å². The summed E-state index contributed by atoms with van der Waals surface area (Å²) in [6, 6.07) is 17.2. The summed E-state index contributed by atoms with van der Waals surface area (Å²) >= 11 is 1.52. The van der Waals surface area contributed by atoms with Gasteiger partial charge in [-0.1, -0.05) is 42.2 Å². The zero-order chi connectivity index (χ0) is 26.1. The quantitative estimate of drug-likeness (QED) is 0.324. The highest BCUT2D eigenvalue weighted by Crippen LogP contribution is 2.34. The van der Waals surface area contributed by atoms with Gasteiger partial charge in [0.1, 0.15) is 10.4 Å². The van der Waals surface area contributed by atoms with Crippen molar-refractivity contribution in [2.75, 3.05) is 5.73 Å². The SMILES string of the molecule is C[C@@H](NC(=O)c1c(N)nn2cccnc12)c1nc2scc(C#Cc3ccncc3)c2cc1-c1ccccc1. The van der Waals surface area contributed by atoms with Gasteiger partial charge in [0.05, 0.1) is 11.7 Å². The summed E-state index contributed by atoms with van der Waals surface area (Å²) in [5.41, 5.74) is 11.2. The second-order valence-electron chi connectivity index (χ2n) is 8.62. The highest BCUT2D eigenvalue weighted by Gasteiger charge is 2.24. The van der Waals surface area contributed by atoms with E-state index in [9.17, 15) is 4.79 Å². The average Bonchev–Trinajstić information content (AvgIpc) is 3.51. The number of nitrogens with two attached hydrogens (primary N) is 1. The Hall–Kier alpha value is -5.07. The Labute approximate surface area is 222 Å². The first-order valence-electron chi connectivity index (χ1n) is 11.9. The van der Waals surface area contributed by atoms with Crippen LogP contribution in [-0.4, -0.2) is 30.5 Å². The monoisotopic (exact) mass is 515 g/mol. The van der Waals surface area contributed by atoms with Crippen molar-refractivity contribution < 1.29 is 4.79 Å². The lowest BCUT2D eigenvalue weighted by molar-refractivity contribution is 0.0941. The molecule has 3 N–H and O–H groups in total. The average molecular weight is 516 g/mol. The molecule has 0 aliphatic heterocycles. The molecule has 0 unspecified atom stereocenters. The summed E-state index contributed by atoms with van der Waals surface area (Å²) in [6.45, 7) is 1.91. The van der Waals surface area contributed by atoms with Gasteiger partial charge in [-0.2, -0.15) is 0 Å². The van der Waals surface area contributed by atoms with Crippen LogP contribution in [0.2, 0.25) is 0 Å². The molecule has 0 aliphatic rings. The van der Waals surface area contributed by atoms with E-state index < -0.39 is 6.04 Å². The third kappa shape index (κ3) is 4.34. The molecule has 0 bridgehead atoms. The minimum Gasteiger partial charge on any atom is -0.381 e. The molecule has 0 fully saturated rings. The van der Waals surface area contributed by atoms with Crippen LogP contribution in [0.5, 0.6) is 0 Å².